The standard InChI is InChI=1S/C21H20N4OS2/c1-2-6-18(17-7-4-3-5-8-17)19(26)23-20-24-25-21(28-20)27-14-16-11-9-15(13-22)10-12-16/h3-5,7-12,18H,2,6,14H2,1H3,(H,23,24,26). The predicted octanol–water partition coefficient (Wildman–Crippen LogP) is 5.22. The van der Waals surface area contributed by atoms with Crippen molar-refractivity contribution >= 4 is 34.1 Å². The van der Waals surface area contributed by atoms with E-state index < -0.39 is 0 Å². The van der Waals surface area contributed by atoms with E-state index in [1.54, 1.807) is 23.9 Å². The molecule has 1 heterocycles. The van der Waals surface area contributed by atoms with Crippen molar-refractivity contribution in [3.8, 4) is 6.07 Å². The second-order valence-corrected chi connectivity index (χ2v) is 8.41. The average Bonchev–Trinajstić information content (AvgIpc) is 3.18. The molecule has 7 heteroatoms. The van der Waals surface area contributed by atoms with E-state index in [1.165, 1.54) is 11.3 Å². The molecule has 1 aromatic heterocycles. The zero-order chi connectivity index (χ0) is 19.8. The molecular formula is C21H20N4OS2. The summed E-state index contributed by atoms with van der Waals surface area (Å²) in [5.74, 6) is 0.495. The van der Waals surface area contributed by atoms with Crippen LogP contribution in [0.15, 0.2) is 58.9 Å². The molecule has 0 radical (unpaired) electrons. The summed E-state index contributed by atoms with van der Waals surface area (Å²) >= 11 is 2.94. The number of benzene rings is 2. The topological polar surface area (TPSA) is 78.7 Å². The molecule has 0 aliphatic carbocycles. The van der Waals surface area contributed by atoms with Crippen LogP contribution in [0.2, 0.25) is 0 Å². The summed E-state index contributed by atoms with van der Waals surface area (Å²) < 4.78 is 0.798. The van der Waals surface area contributed by atoms with Gasteiger partial charge in [-0.1, -0.05) is 78.9 Å². The minimum atomic E-state index is -0.190. The van der Waals surface area contributed by atoms with Gasteiger partial charge in [-0.05, 0) is 29.7 Å². The lowest BCUT2D eigenvalue weighted by Gasteiger charge is -2.15. The van der Waals surface area contributed by atoms with Crippen LogP contribution in [0.3, 0.4) is 0 Å². The van der Waals surface area contributed by atoms with Crippen LogP contribution in [0, 0.1) is 11.3 Å². The third kappa shape index (κ3) is 5.41. The van der Waals surface area contributed by atoms with E-state index in [4.69, 9.17) is 5.26 Å². The van der Waals surface area contributed by atoms with Crippen LogP contribution in [0.1, 0.15) is 42.4 Å². The molecule has 0 bridgehead atoms. The van der Waals surface area contributed by atoms with Crippen molar-refractivity contribution in [2.24, 2.45) is 0 Å². The summed E-state index contributed by atoms with van der Waals surface area (Å²) in [7, 11) is 0. The maximum atomic E-state index is 12.7. The summed E-state index contributed by atoms with van der Waals surface area (Å²) in [6.07, 6.45) is 1.71. The number of amides is 1. The monoisotopic (exact) mass is 408 g/mol. The predicted molar refractivity (Wildman–Crippen MR) is 113 cm³/mol. The fraction of sp³-hybridized carbons (Fsp3) is 0.238. The summed E-state index contributed by atoms with van der Waals surface area (Å²) in [6, 6.07) is 19.4. The Morgan fingerprint density at radius 3 is 2.61 bits per heavy atom. The Morgan fingerprint density at radius 1 is 1.18 bits per heavy atom. The summed E-state index contributed by atoms with van der Waals surface area (Å²) in [6.45, 7) is 2.08. The molecule has 2 aromatic carbocycles. The summed E-state index contributed by atoms with van der Waals surface area (Å²) in [4.78, 5) is 12.7. The average molecular weight is 409 g/mol. The Hall–Kier alpha value is -2.69. The van der Waals surface area contributed by atoms with E-state index in [0.29, 0.717) is 10.7 Å². The van der Waals surface area contributed by atoms with Crippen molar-refractivity contribution in [1.29, 1.82) is 5.26 Å². The van der Waals surface area contributed by atoms with E-state index in [2.05, 4.69) is 28.5 Å². The molecule has 5 nitrogen and oxygen atoms in total. The highest BCUT2D eigenvalue weighted by atomic mass is 32.2. The van der Waals surface area contributed by atoms with Gasteiger partial charge >= 0.3 is 0 Å². The van der Waals surface area contributed by atoms with Crippen molar-refractivity contribution < 1.29 is 4.79 Å². The van der Waals surface area contributed by atoms with Crippen molar-refractivity contribution in [2.75, 3.05) is 5.32 Å². The smallest absolute Gasteiger partial charge is 0.233 e. The van der Waals surface area contributed by atoms with Gasteiger partial charge in [0.15, 0.2) is 4.34 Å². The summed E-state index contributed by atoms with van der Waals surface area (Å²) in [5.41, 5.74) is 2.77. The molecule has 3 aromatic rings. The number of aromatic nitrogens is 2. The number of carbonyl (C=O) groups excluding carboxylic acids is 1. The van der Waals surface area contributed by atoms with Gasteiger partial charge in [0, 0.05) is 5.75 Å². The molecule has 3 rings (SSSR count). The Labute approximate surface area is 172 Å². The summed E-state index contributed by atoms with van der Waals surface area (Å²) in [5, 5.41) is 20.5. The van der Waals surface area contributed by atoms with E-state index in [-0.39, 0.29) is 11.8 Å². The first-order chi connectivity index (χ1) is 13.7. The molecule has 0 aliphatic rings. The number of thioether (sulfide) groups is 1. The lowest BCUT2D eigenvalue weighted by molar-refractivity contribution is -0.117. The molecule has 1 unspecified atom stereocenters. The van der Waals surface area contributed by atoms with Gasteiger partial charge < -0.3 is 0 Å². The van der Waals surface area contributed by atoms with Gasteiger partial charge in [-0.25, -0.2) is 0 Å². The van der Waals surface area contributed by atoms with E-state index in [0.717, 1.165) is 34.1 Å². The van der Waals surface area contributed by atoms with Crippen molar-refractivity contribution in [3.63, 3.8) is 0 Å². The number of rotatable bonds is 8. The van der Waals surface area contributed by atoms with Crippen LogP contribution < -0.4 is 5.32 Å². The first-order valence-corrected chi connectivity index (χ1v) is 10.8. The normalized spacial score (nSPS) is 11.6. The molecule has 0 spiro atoms. The molecule has 1 N–H and O–H groups in total. The maximum absolute atomic E-state index is 12.7. The highest BCUT2D eigenvalue weighted by molar-refractivity contribution is 8.00. The number of hydrogen-bond donors (Lipinski definition) is 1. The SMILES string of the molecule is CCCC(C(=O)Nc1nnc(SCc2ccc(C#N)cc2)s1)c1ccccc1. The lowest BCUT2D eigenvalue weighted by atomic mass is 9.94. The van der Waals surface area contributed by atoms with Crippen LogP contribution in [0.5, 0.6) is 0 Å². The third-order valence-electron chi connectivity index (χ3n) is 4.18. The molecule has 0 fully saturated rings. The molecule has 28 heavy (non-hydrogen) atoms. The minimum Gasteiger partial charge on any atom is -0.300 e. The second-order valence-electron chi connectivity index (χ2n) is 6.21. The molecule has 0 saturated heterocycles. The number of hydrogen-bond acceptors (Lipinski definition) is 6. The molecule has 0 aliphatic heterocycles. The molecule has 142 valence electrons. The number of nitrogens with one attached hydrogen (secondary N) is 1. The van der Waals surface area contributed by atoms with Crippen molar-refractivity contribution in [2.45, 2.75) is 35.8 Å². The van der Waals surface area contributed by atoms with Gasteiger partial charge in [0.05, 0.1) is 17.6 Å². The van der Waals surface area contributed by atoms with Crippen LogP contribution in [-0.2, 0) is 10.5 Å². The first-order valence-electron chi connectivity index (χ1n) is 9.00. The molecule has 1 atom stereocenters. The highest BCUT2D eigenvalue weighted by Gasteiger charge is 2.21. The van der Waals surface area contributed by atoms with E-state index in [9.17, 15) is 4.79 Å². The number of carbonyl (C=O) groups is 1. The van der Waals surface area contributed by atoms with E-state index in [1.807, 2.05) is 42.5 Å². The Bertz CT molecular complexity index is 949. The molecular weight excluding hydrogens is 388 g/mol. The van der Waals surface area contributed by atoms with Gasteiger partial charge in [-0.15, -0.1) is 10.2 Å². The zero-order valence-electron chi connectivity index (χ0n) is 15.5. The van der Waals surface area contributed by atoms with Crippen molar-refractivity contribution in [3.05, 3.63) is 71.3 Å². The fourth-order valence-corrected chi connectivity index (χ4v) is 4.47. The van der Waals surface area contributed by atoms with Gasteiger partial charge in [-0.3, -0.25) is 10.1 Å². The lowest BCUT2D eigenvalue weighted by Crippen LogP contribution is -2.21. The Balaban J connectivity index is 1.59. The van der Waals surface area contributed by atoms with Crippen LogP contribution in [-0.4, -0.2) is 16.1 Å². The largest absolute Gasteiger partial charge is 0.300 e. The van der Waals surface area contributed by atoms with Gasteiger partial charge in [-0.2, -0.15) is 5.26 Å². The third-order valence-corrected chi connectivity index (χ3v) is 6.22. The maximum Gasteiger partial charge on any atom is 0.233 e. The fourth-order valence-electron chi connectivity index (χ4n) is 2.75. The zero-order valence-corrected chi connectivity index (χ0v) is 17.1. The Kier molecular flexibility index (Phi) is 7.18. The van der Waals surface area contributed by atoms with Gasteiger partial charge in [0.25, 0.3) is 0 Å². The Morgan fingerprint density at radius 2 is 1.93 bits per heavy atom. The second kappa shape index (κ2) is 10.0. The quantitative estimate of drug-likeness (QED) is 0.408. The molecule has 1 amide bonds. The number of nitriles is 1. The van der Waals surface area contributed by atoms with Crippen LogP contribution in [0.25, 0.3) is 0 Å². The van der Waals surface area contributed by atoms with Gasteiger partial charge in [0.2, 0.25) is 11.0 Å². The van der Waals surface area contributed by atoms with Crippen LogP contribution >= 0.6 is 23.1 Å². The van der Waals surface area contributed by atoms with Crippen molar-refractivity contribution in [1.82, 2.24) is 10.2 Å². The van der Waals surface area contributed by atoms with Gasteiger partial charge in [0.1, 0.15) is 0 Å². The van der Waals surface area contributed by atoms with E-state index >= 15 is 0 Å². The highest BCUT2D eigenvalue weighted by Crippen LogP contribution is 2.30. The molecule has 0 saturated carbocycles. The first kappa shape index (κ1) is 20.1. The van der Waals surface area contributed by atoms with Crippen LogP contribution in [0.4, 0.5) is 5.13 Å². The number of nitrogens with zero attached hydrogens (tertiary/aromatic N) is 3. The number of anilines is 1. The minimum absolute atomic E-state index is 0.0483.